The maximum absolute atomic E-state index is 12.3. The van der Waals surface area contributed by atoms with Gasteiger partial charge < -0.3 is 11.1 Å². The Hall–Kier alpha value is -1.70. The van der Waals surface area contributed by atoms with E-state index in [9.17, 15) is 9.59 Å². The first kappa shape index (κ1) is 17.4. The van der Waals surface area contributed by atoms with Crippen molar-refractivity contribution in [3.05, 3.63) is 28.3 Å². The lowest BCUT2D eigenvalue weighted by molar-refractivity contribution is -0.122. The molecule has 0 radical (unpaired) electrons. The van der Waals surface area contributed by atoms with Gasteiger partial charge in [-0.05, 0) is 25.5 Å². The van der Waals surface area contributed by atoms with Crippen LogP contribution in [0.5, 0.6) is 0 Å². The van der Waals surface area contributed by atoms with E-state index in [4.69, 9.17) is 35.4 Å². The molecule has 6 heteroatoms. The van der Waals surface area contributed by atoms with Crippen molar-refractivity contribution in [1.82, 2.24) is 5.32 Å². The summed E-state index contributed by atoms with van der Waals surface area (Å²) in [5.74, 6) is 1.46. The number of hydrogen-bond donors (Lipinski definition) is 2. The number of carbonyl (C=O) groups excluding carboxylic acids is 2. The number of halogens is 2. The number of alkyl halides is 1. The average Bonchev–Trinajstić information content (AvgIpc) is 2.48. The number of nitrogen functional groups attached to an aromatic ring is 1. The Kier molecular flexibility index (Phi) is 5.65. The number of ketones is 1. The molecule has 0 spiro atoms. The van der Waals surface area contributed by atoms with Crippen LogP contribution in [0.3, 0.4) is 0 Å². The molecule has 0 aliphatic rings. The van der Waals surface area contributed by atoms with E-state index in [0.717, 1.165) is 0 Å². The molecule has 0 bridgehead atoms. The van der Waals surface area contributed by atoms with Gasteiger partial charge in [-0.2, -0.15) is 0 Å². The van der Waals surface area contributed by atoms with Crippen LogP contribution in [0.15, 0.2) is 12.1 Å². The molecule has 1 unspecified atom stereocenters. The third-order valence-electron chi connectivity index (χ3n) is 3.38. The third kappa shape index (κ3) is 3.69. The van der Waals surface area contributed by atoms with Crippen molar-refractivity contribution >= 4 is 40.6 Å². The smallest absolute Gasteiger partial charge is 0.252 e. The van der Waals surface area contributed by atoms with Crippen LogP contribution < -0.4 is 11.1 Å². The first-order valence-electron chi connectivity index (χ1n) is 6.26. The summed E-state index contributed by atoms with van der Waals surface area (Å²) in [6, 6.07) is 2.87. The summed E-state index contributed by atoms with van der Waals surface area (Å²) in [5, 5.41) is 2.86. The summed E-state index contributed by atoms with van der Waals surface area (Å²) in [6.07, 6.45) is 5.73. The van der Waals surface area contributed by atoms with Gasteiger partial charge in [0.05, 0.1) is 22.1 Å². The van der Waals surface area contributed by atoms with Crippen LogP contribution >= 0.6 is 23.2 Å². The number of Topliss-reactive ketones (excluding diaryl/α,β-unsaturated/α-hetero) is 1. The minimum atomic E-state index is -1.04. The van der Waals surface area contributed by atoms with E-state index < -0.39 is 11.4 Å². The molecule has 1 atom stereocenters. The van der Waals surface area contributed by atoms with E-state index in [0.29, 0.717) is 12.0 Å². The molecule has 0 saturated carbocycles. The van der Waals surface area contributed by atoms with Gasteiger partial charge >= 0.3 is 0 Å². The highest BCUT2D eigenvalue weighted by Gasteiger charge is 2.32. The van der Waals surface area contributed by atoms with Gasteiger partial charge in [0.1, 0.15) is 0 Å². The van der Waals surface area contributed by atoms with Crippen LogP contribution in [0, 0.1) is 12.3 Å². The van der Waals surface area contributed by atoms with Gasteiger partial charge in [0.15, 0.2) is 5.78 Å². The van der Waals surface area contributed by atoms with Gasteiger partial charge in [-0.1, -0.05) is 24.4 Å². The van der Waals surface area contributed by atoms with Crippen LogP contribution in [0.4, 0.5) is 5.69 Å². The van der Waals surface area contributed by atoms with Gasteiger partial charge in [0.25, 0.3) is 5.91 Å². The lowest BCUT2D eigenvalue weighted by atomic mass is 9.93. The van der Waals surface area contributed by atoms with Gasteiger partial charge in [-0.25, -0.2) is 0 Å². The van der Waals surface area contributed by atoms with Crippen molar-refractivity contribution in [2.45, 2.75) is 25.8 Å². The number of anilines is 1. The topological polar surface area (TPSA) is 72.2 Å². The molecule has 1 aromatic rings. The molecule has 3 N–H and O–H groups in total. The Morgan fingerprint density at radius 1 is 1.48 bits per heavy atom. The maximum Gasteiger partial charge on any atom is 0.252 e. The van der Waals surface area contributed by atoms with Crippen LogP contribution in [-0.2, 0) is 4.79 Å². The fraction of sp³-hybridized carbons (Fsp3) is 0.333. The first-order valence-corrected chi connectivity index (χ1v) is 7.17. The first-order chi connectivity index (χ1) is 9.78. The summed E-state index contributed by atoms with van der Waals surface area (Å²) < 4.78 is 0. The fourth-order valence-electron chi connectivity index (χ4n) is 1.69. The van der Waals surface area contributed by atoms with Gasteiger partial charge in [-0.15, -0.1) is 18.0 Å². The van der Waals surface area contributed by atoms with E-state index in [-0.39, 0.29) is 27.9 Å². The summed E-state index contributed by atoms with van der Waals surface area (Å²) in [4.78, 5) is 24.1. The number of amides is 1. The number of terminal acetylenes is 1. The van der Waals surface area contributed by atoms with E-state index in [1.165, 1.54) is 12.1 Å². The highest BCUT2D eigenvalue weighted by molar-refractivity contribution is 6.33. The highest BCUT2D eigenvalue weighted by Crippen LogP contribution is 2.25. The minimum Gasteiger partial charge on any atom is -0.397 e. The number of nitrogens with one attached hydrogen (secondary N) is 1. The second-order valence-corrected chi connectivity index (χ2v) is 5.43. The molecule has 0 saturated heterocycles. The lowest BCUT2D eigenvalue weighted by Gasteiger charge is -2.27. The van der Waals surface area contributed by atoms with E-state index in [1.807, 2.05) is 0 Å². The molecule has 1 aromatic carbocycles. The van der Waals surface area contributed by atoms with Crippen LogP contribution in [0.2, 0.25) is 5.02 Å². The molecule has 0 aromatic heterocycles. The molecular formula is C15H16Cl2N2O2. The van der Waals surface area contributed by atoms with Crippen molar-refractivity contribution in [2.24, 2.45) is 0 Å². The zero-order valence-electron chi connectivity index (χ0n) is 11.8. The van der Waals surface area contributed by atoms with Crippen molar-refractivity contribution in [2.75, 3.05) is 11.6 Å². The van der Waals surface area contributed by atoms with Crippen molar-refractivity contribution in [3.63, 3.8) is 0 Å². The third-order valence-corrected chi connectivity index (χ3v) is 3.94. The largest absolute Gasteiger partial charge is 0.397 e. The van der Waals surface area contributed by atoms with Crippen LogP contribution in [0.25, 0.3) is 0 Å². The molecule has 0 heterocycles. The number of benzene rings is 1. The molecule has 112 valence electrons. The summed E-state index contributed by atoms with van der Waals surface area (Å²) in [5.41, 5.74) is 5.48. The predicted octanol–water partition coefficient (Wildman–Crippen LogP) is 2.61. The van der Waals surface area contributed by atoms with Gasteiger partial charge in [-0.3, -0.25) is 9.59 Å². The predicted molar refractivity (Wildman–Crippen MR) is 85.7 cm³/mol. The Morgan fingerprint density at radius 2 is 2.10 bits per heavy atom. The van der Waals surface area contributed by atoms with Gasteiger partial charge in [0.2, 0.25) is 0 Å². The van der Waals surface area contributed by atoms with Gasteiger partial charge in [0, 0.05) is 11.1 Å². The normalized spacial score (nSPS) is 13.1. The maximum atomic E-state index is 12.3. The summed E-state index contributed by atoms with van der Waals surface area (Å²) >= 11 is 11.5. The summed E-state index contributed by atoms with van der Waals surface area (Å²) in [6.45, 7) is 3.41. The fourth-order valence-corrected chi connectivity index (χ4v) is 2.21. The number of carbonyl (C=O) groups is 2. The van der Waals surface area contributed by atoms with Crippen molar-refractivity contribution < 1.29 is 9.59 Å². The molecule has 0 aliphatic heterocycles. The number of nitrogens with two attached hydrogens (primary N) is 1. The van der Waals surface area contributed by atoms with Crippen molar-refractivity contribution in [3.8, 4) is 12.3 Å². The highest BCUT2D eigenvalue weighted by atomic mass is 35.5. The Labute approximate surface area is 134 Å². The minimum absolute atomic E-state index is 0.178. The molecule has 0 fully saturated rings. The van der Waals surface area contributed by atoms with Crippen LogP contribution in [-0.4, -0.2) is 23.1 Å². The zero-order chi connectivity index (χ0) is 16.2. The average molecular weight is 327 g/mol. The Balaban J connectivity index is 3.13. The second-order valence-electron chi connectivity index (χ2n) is 4.76. The summed E-state index contributed by atoms with van der Waals surface area (Å²) in [7, 11) is 0. The quantitative estimate of drug-likeness (QED) is 0.496. The SMILES string of the molecule is C#Cc1cc(C(=O)NC(C)(CC)C(=O)CCl)cc(Cl)c1N. The second kappa shape index (κ2) is 6.84. The number of hydrogen-bond acceptors (Lipinski definition) is 3. The van der Waals surface area contributed by atoms with E-state index >= 15 is 0 Å². The Morgan fingerprint density at radius 3 is 2.57 bits per heavy atom. The molecule has 1 rings (SSSR count). The molecule has 1 amide bonds. The van der Waals surface area contributed by atoms with E-state index in [2.05, 4.69) is 11.2 Å². The van der Waals surface area contributed by atoms with Crippen molar-refractivity contribution in [1.29, 1.82) is 0 Å². The lowest BCUT2D eigenvalue weighted by Crippen LogP contribution is -2.52. The standard InChI is InChI=1S/C15H16Cl2N2O2/c1-4-9-6-10(7-11(17)13(9)18)14(21)19-15(3,5-2)12(20)8-16/h1,6-7H,5,8,18H2,2-3H3,(H,19,21). The number of rotatable bonds is 5. The Bertz CT molecular complexity index is 623. The molecule has 0 aliphatic carbocycles. The molecule has 4 nitrogen and oxygen atoms in total. The van der Waals surface area contributed by atoms with E-state index in [1.54, 1.807) is 13.8 Å². The zero-order valence-corrected chi connectivity index (χ0v) is 13.3. The monoisotopic (exact) mass is 326 g/mol. The molecular weight excluding hydrogens is 311 g/mol. The molecule has 21 heavy (non-hydrogen) atoms. The van der Waals surface area contributed by atoms with Crippen LogP contribution in [0.1, 0.15) is 36.2 Å².